The number of amides is 1. The number of rotatable bonds is 6. The molecule has 29 heavy (non-hydrogen) atoms. The van der Waals surface area contributed by atoms with E-state index in [2.05, 4.69) is 31.3 Å². The Bertz CT molecular complexity index is 995. The number of benzene rings is 3. The molecule has 0 saturated heterocycles. The van der Waals surface area contributed by atoms with Crippen molar-refractivity contribution in [2.75, 3.05) is 5.32 Å². The number of aliphatic hydroxyl groups is 1. The SMILES string of the molecule is CC(C)c1ccc(/C=C/C(=O)Nc2ccc(Cl)cc2[C@@H](O)c2ccccc2)cc1. The van der Waals surface area contributed by atoms with Gasteiger partial charge in [-0.2, -0.15) is 0 Å². The molecule has 0 fully saturated rings. The number of aliphatic hydroxyl groups excluding tert-OH is 1. The summed E-state index contributed by atoms with van der Waals surface area (Å²) >= 11 is 6.12. The summed E-state index contributed by atoms with van der Waals surface area (Å²) in [4.78, 5) is 12.4. The van der Waals surface area contributed by atoms with Crippen LogP contribution in [0.15, 0.2) is 78.9 Å². The molecule has 0 aliphatic carbocycles. The van der Waals surface area contributed by atoms with Crippen molar-refractivity contribution in [3.63, 3.8) is 0 Å². The Morgan fingerprint density at radius 1 is 0.966 bits per heavy atom. The summed E-state index contributed by atoms with van der Waals surface area (Å²) in [6, 6.07) is 22.4. The lowest BCUT2D eigenvalue weighted by Crippen LogP contribution is -2.12. The van der Waals surface area contributed by atoms with Gasteiger partial charge in [-0.1, -0.05) is 80.0 Å². The van der Waals surface area contributed by atoms with Gasteiger partial charge in [0.1, 0.15) is 6.10 Å². The Hall–Kier alpha value is -2.88. The second-order valence-electron chi connectivity index (χ2n) is 7.19. The molecule has 3 aromatic carbocycles. The highest BCUT2D eigenvalue weighted by atomic mass is 35.5. The molecule has 1 amide bonds. The summed E-state index contributed by atoms with van der Waals surface area (Å²) in [5.41, 5.74) is 4.01. The minimum atomic E-state index is -0.891. The molecule has 3 aromatic rings. The zero-order valence-electron chi connectivity index (χ0n) is 16.5. The fourth-order valence-corrected chi connectivity index (χ4v) is 3.21. The molecule has 0 radical (unpaired) electrons. The van der Waals surface area contributed by atoms with E-state index in [1.807, 2.05) is 42.5 Å². The molecule has 0 spiro atoms. The van der Waals surface area contributed by atoms with Crippen LogP contribution in [0.2, 0.25) is 5.02 Å². The van der Waals surface area contributed by atoms with Crippen LogP contribution in [-0.2, 0) is 4.79 Å². The lowest BCUT2D eigenvalue weighted by atomic mass is 10.00. The molecule has 4 heteroatoms. The first-order valence-electron chi connectivity index (χ1n) is 9.55. The maximum atomic E-state index is 12.4. The highest BCUT2D eigenvalue weighted by Crippen LogP contribution is 2.31. The maximum Gasteiger partial charge on any atom is 0.248 e. The third-order valence-corrected chi connectivity index (χ3v) is 4.95. The van der Waals surface area contributed by atoms with Gasteiger partial charge in [0.15, 0.2) is 0 Å². The third-order valence-electron chi connectivity index (χ3n) is 4.71. The van der Waals surface area contributed by atoms with Crippen molar-refractivity contribution in [3.05, 3.63) is 106 Å². The molecular formula is C25H24ClNO2. The van der Waals surface area contributed by atoms with Crippen molar-refractivity contribution in [2.45, 2.75) is 25.9 Å². The summed E-state index contributed by atoms with van der Waals surface area (Å²) < 4.78 is 0. The van der Waals surface area contributed by atoms with Gasteiger partial charge in [0, 0.05) is 22.3 Å². The van der Waals surface area contributed by atoms with Crippen molar-refractivity contribution in [3.8, 4) is 0 Å². The highest BCUT2D eigenvalue weighted by molar-refractivity contribution is 6.30. The van der Waals surface area contributed by atoms with E-state index in [1.54, 1.807) is 24.3 Å². The van der Waals surface area contributed by atoms with Crippen molar-refractivity contribution < 1.29 is 9.90 Å². The van der Waals surface area contributed by atoms with Crippen LogP contribution >= 0.6 is 11.6 Å². The van der Waals surface area contributed by atoms with Crippen LogP contribution in [0.5, 0.6) is 0 Å². The topological polar surface area (TPSA) is 49.3 Å². The Morgan fingerprint density at radius 2 is 1.66 bits per heavy atom. The molecule has 1 atom stereocenters. The zero-order chi connectivity index (χ0) is 20.8. The van der Waals surface area contributed by atoms with E-state index in [0.717, 1.165) is 11.1 Å². The zero-order valence-corrected chi connectivity index (χ0v) is 17.2. The molecule has 3 nitrogen and oxygen atoms in total. The second-order valence-corrected chi connectivity index (χ2v) is 7.63. The number of halogens is 1. The fraction of sp³-hybridized carbons (Fsp3) is 0.160. The summed E-state index contributed by atoms with van der Waals surface area (Å²) in [5.74, 6) is 0.192. The van der Waals surface area contributed by atoms with Gasteiger partial charge in [-0.05, 0) is 46.9 Å². The number of hydrogen-bond donors (Lipinski definition) is 2. The van der Waals surface area contributed by atoms with Crippen LogP contribution in [0.3, 0.4) is 0 Å². The first-order chi connectivity index (χ1) is 13.9. The average Bonchev–Trinajstić information content (AvgIpc) is 2.74. The molecule has 3 rings (SSSR count). The Kier molecular flexibility index (Phi) is 6.86. The van der Waals surface area contributed by atoms with Crippen LogP contribution in [0.1, 0.15) is 48.1 Å². The first kappa shape index (κ1) is 20.8. The van der Waals surface area contributed by atoms with E-state index in [-0.39, 0.29) is 5.91 Å². The Morgan fingerprint density at radius 3 is 2.31 bits per heavy atom. The lowest BCUT2D eigenvalue weighted by Gasteiger charge is -2.16. The van der Waals surface area contributed by atoms with E-state index in [9.17, 15) is 9.90 Å². The molecule has 0 aliphatic rings. The predicted molar refractivity (Wildman–Crippen MR) is 120 cm³/mol. The van der Waals surface area contributed by atoms with Gasteiger partial charge < -0.3 is 10.4 Å². The van der Waals surface area contributed by atoms with Crippen molar-refractivity contribution in [1.82, 2.24) is 0 Å². The molecule has 0 saturated carbocycles. The summed E-state index contributed by atoms with van der Waals surface area (Å²) in [7, 11) is 0. The number of carbonyl (C=O) groups is 1. The molecule has 0 heterocycles. The standard InChI is InChI=1S/C25H24ClNO2/c1-17(2)19-11-8-18(9-12-19)10-15-24(28)27-23-14-13-21(26)16-22(23)25(29)20-6-4-3-5-7-20/h3-17,25,29H,1-2H3,(H,27,28)/b15-10+/t25-/m0/s1. The van der Waals surface area contributed by atoms with Crippen LogP contribution in [-0.4, -0.2) is 11.0 Å². The van der Waals surface area contributed by atoms with E-state index >= 15 is 0 Å². The number of carbonyl (C=O) groups excluding carboxylic acids is 1. The van der Waals surface area contributed by atoms with Crippen LogP contribution in [0.25, 0.3) is 6.08 Å². The molecule has 148 valence electrons. The van der Waals surface area contributed by atoms with Gasteiger partial charge in [-0.3, -0.25) is 4.79 Å². The van der Waals surface area contributed by atoms with Crippen LogP contribution in [0, 0.1) is 0 Å². The number of anilines is 1. The van der Waals surface area contributed by atoms with Crippen LogP contribution < -0.4 is 5.32 Å². The van der Waals surface area contributed by atoms with Gasteiger partial charge in [-0.25, -0.2) is 0 Å². The van der Waals surface area contributed by atoms with Crippen LogP contribution in [0.4, 0.5) is 5.69 Å². The summed E-state index contributed by atoms with van der Waals surface area (Å²) in [6.45, 7) is 4.29. The molecule has 0 aliphatic heterocycles. The highest BCUT2D eigenvalue weighted by Gasteiger charge is 2.16. The monoisotopic (exact) mass is 405 g/mol. The number of hydrogen-bond acceptors (Lipinski definition) is 2. The smallest absolute Gasteiger partial charge is 0.248 e. The van der Waals surface area contributed by atoms with E-state index in [1.165, 1.54) is 11.6 Å². The molecule has 2 N–H and O–H groups in total. The van der Waals surface area contributed by atoms with Crippen molar-refractivity contribution >= 4 is 29.3 Å². The number of nitrogens with one attached hydrogen (secondary N) is 1. The van der Waals surface area contributed by atoms with E-state index in [0.29, 0.717) is 22.2 Å². The maximum absolute atomic E-state index is 12.4. The van der Waals surface area contributed by atoms with Gasteiger partial charge in [-0.15, -0.1) is 0 Å². The Labute approximate surface area is 176 Å². The predicted octanol–water partition coefficient (Wildman–Crippen LogP) is 6.20. The van der Waals surface area contributed by atoms with Gasteiger partial charge in [0.25, 0.3) is 0 Å². The van der Waals surface area contributed by atoms with Crippen molar-refractivity contribution in [2.24, 2.45) is 0 Å². The molecule has 0 aromatic heterocycles. The summed E-state index contributed by atoms with van der Waals surface area (Å²) in [5, 5.41) is 14.1. The van der Waals surface area contributed by atoms with E-state index < -0.39 is 6.10 Å². The van der Waals surface area contributed by atoms with E-state index in [4.69, 9.17) is 11.6 Å². The largest absolute Gasteiger partial charge is 0.384 e. The minimum Gasteiger partial charge on any atom is -0.384 e. The second kappa shape index (κ2) is 9.55. The normalized spacial score (nSPS) is 12.3. The van der Waals surface area contributed by atoms with Gasteiger partial charge in [0.05, 0.1) is 0 Å². The fourth-order valence-electron chi connectivity index (χ4n) is 3.03. The summed E-state index contributed by atoms with van der Waals surface area (Å²) in [6.07, 6.45) is 2.36. The van der Waals surface area contributed by atoms with Gasteiger partial charge >= 0.3 is 0 Å². The Balaban J connectivity index is 1.76. The quantitative estimate of drug-likeness (QED) is 0.480. The van der Waals surface area contributed by atoms with Gasteiger partial charge in [0.2, 0.25) is 5.91 Å². The molecule has 0 unspecified atom stereocenters. The minimum absolute atomic E-state index is 0.276. The average molecular weight is 406 g/mol. The molecular weight excluding hydrogens is 382 g/mol. The first-order valence-corrected chi connectivity index (χ1v) is 9.93. The third kappa shape index (κ3) is 5.57. The lowest BCUT2D eigenvalue weighted by molar-refractivity contribution is -0.111. The molecule has 0 bridgehead atoms. The van der Waals surface area contributed by atoms with Crippen molar-refractivity contribution in [1.29, 1.82) is 0 Å².